The summed E-state index contributed by atoms with van der Waals surface area (Å²) in [4.78, 5) is 12.8. The molecule has 206 valence electrons. The van der Waals surface area contributed by atoms with Crippen molar-refractivity contribution in [1.29, 1.82) is 0 Å². The first kappa shape index (κ1) is 30.1. The number of nitrogens with zero attached hydrogens (tertiary/aromatic N) is 1. The van der Waals surface area contributed by atoms with E-state index in [4.69, 9.17) is 4.74 Å². The average molecular weight is 546 g/mol. The van der Waals surface area contributed by atoms with Crippen molar-refractivity contribution in [3.63, 3.8) is 0 Å². The van der Waals surface area contributed by atoms with E-state index in [0.717, 1.165) is 12.1 Å². The number of ether oxygens (including phenoxy) is 2. The number of carbonyl (C=O) groups is 1. The van der Waals surface area contributed by atoms with Crippen LogP contribution in [0.2, 0.25) is 0 Å². The summed E-state index contributed by atoms with van der Waals surface area (Å²) in [5, 5.41) is 2.80. The molecule has 0 saturated heterocycles. The summed E-state index contributed by atoms with van der Waals surface area (Å²) in [5.41, 5.74) is -2.99. The van der Waals surface area contributed by atoms with Crippen LogP contribution in [0.4, 0.5) is 45.2 Å². The minimum absolute atomic E-state index is 0.0570. The summed E-state index contributed by atoms with van der Waals surface area (Å²) in [5.74, 6) is -0.529. The SMILES string of the molecule is CCN(C)c1ccc(OC(F)(F)F)cc1CNC(C)C(OC=O)c1cc(C(F)(F)F)cc(C(F)(F)F)c1. The number of rotatable bonds is 10. The second kappa shape index (κ2) is 11.5. The molecule has 2 atom stereocenters. The lowest BCUT2D eigenvalue weighted by molar-refractivity contribution is -0.274. The molecule has 2 aromatic carbocycles. The van der Waals surface area contributed by atoms with Crippen molar-refractivity contribution < 1.29 is 53.8 Å². The van der Waals surface area contributed by atoms with Gasteiger partial charge >= 0.3 is 18.7 Å². The molecular weight excluding hydrogens is 523 g/mol. The van der Waals surface area contributed by atoms with Gasteiger partial charge in [-0.15, -0.1) is 13.2 Å². The number of alkyl halides is 9. The Hall–Kier alpha value is -3.16. The van der Waals surface area contributed by atoms with Gasteiger partial charge in [0.2, 0.25) is 0 Å². The molecule has 0 fully saturated rings. The molecule has 0 aliphatic heterocycles. The first-order valence-electron chi connectivity index (χ1n) is 10.7. The van der Waals surface area contributed by atoms with E-state index in [2.05, 4.69) is 10.1 Å². The van der Waals surface area contributed by atoms with Crippen LogP contribution < -0.4 is 15.0 Å². The van der Waals surface area contributed by atoms with Gasteiger partial charge in [0, 0.05) is 31.9 Å². The fraction of sp³-hybridized carbons (Fsp3) is 0.435. The molecule has 0 saturated carbocycles. The molecule has 0 bridgehead atoms. The molecule has 1 N–H and O–H groups in total. The molecule has 37 heavy (non-hydrogen) atoms. The number of hydrogen-bond donors (Lipinski definition) is 1. The van der Waals surface area contributed by atoms with E-state index in [1.807, 2.05) is 0 Å². The highest BCUT2D eigenvalue weighted by atomic mass is 19.4. The third-order valence-electron chi connectivity index (χ3n) is 5.38. The molecule has 2 rings (SSSR count). The lowest BCUT2D eigenvalue weighted by Crippen LogP contribution is -2.34. The lowest BCUT2D eigenvalue weighted by Gasteiger charge is -2.27. The number of benzene rings is 2. The molecule has 2 aromatic rings. The van der Waals surface area contributed by atoms with E-state index in [9.17, 15) is 44.3 Å². The first-order valence-corrected chi connectivity index (χ1v) is 10.7. The molecule has 0 aromatic heterocycles. The van der Waals surface area contributed by atoms with Gasteiger partial charge in [-0.2, -0.15) is 26.3 Å². The summed E-state index contributed by atoms with van der Waals surface area (Å²) >= 11 is 0. The minimum Gasteiger partial charge on any atom is -0.458 e. The Morgan fingerprint density at radius 1 is 0.946 bits per heavy atom. The zero-order valence-corrected chi connectivity index (χ0v) is 19.7. The number of halogens is 9. The molecule has 0 spiro atoms. The van der Waals surface area contributed by atoms with Gasteiger partial charge in [-0.3, -0.25) is 4.79 Å². The van der Waals surface area contributed by atoms with Crippen LogP contribution in [0.15, 0.2) is 36.4 Å². The summed E-state index contributed by atoms with van der Waals surface area (Å²) < 4.78 is 126. The smallest absolute Gasteiger partial charge is 0.458 e. The Morgan fingerprint density at radius 2 is 1.51 bits per heavy atom. The molecule has 0 amide bonds. The van der Waals surface area contributed by atoms with Gasteiger partial charge in [0.05, 0.1) is 11.1 Å². The Bertz CT molecular complexity index is 1040. The van der Waals surface area contributed by atoms with Gasteiger partial charge < -0.3 is 19.7 Å². The van der Waals surface area contributed by atoms with Crippen LogP contribution >= 0.6 is 0 Å². The van der Waals surface area contributed by atoms with E-state index in [1.165, 1.54) is 13.0 Å². The fourth-order valence-corrected chi connectivity index (χ4v) is 3.51. The van der Waals surface area contributed by atoms with E-state index >= 15 is 0 Å². The predicted octanol–water partition coefficient (Wildman–Crippen LogP) is 6.47. The number of nitrogens with one attached hydrogen (secondary N) is 1. The maximum atomic E-state index is 13.3. The topological polar surface area (TPSA) is 50.8 Å². The molecule has 0 heterocycles. The minimum atomic E-state index is -5.11. The van der Waals surface area contributed by atoms with Crippen LogP contribution in [0.1, 0.15) is 42.2 Å². The second-order valence-electron chi connectivity index (χ2n) is 8.01. The zero-order valence-electron chi connectivity index (χ0n) is 19.7. The van der Waals surface area contributed by atoms with Crippen molar-refractivity contribution in [1.82, 2.24) is 5.32 Å². The quantitative estimate of drug-likeness (QED) is 0.274. The number of carbonyl (C=O) groups excluding carboxylic acids is 1. The van der Waals surface area contributed by atoms with Crippen LogP contribution in [-0.4, -0.2) is 32.5 Å². The van der Waals surface area contributed by atoms with Crippen molar-refractivity contribution in [2.24, 2.45) is 0 Å². The predicted molar refractivity (Wildman–Crippen MR) is 115 cm³/mol. The summed E-state index contributed by atoms with van der Waals surface area (Å²) in [6, 6.07) is 3.32. The van der Waals surface area contributed by atoms with Crippen LogP contribution in [0.5, 0.6) is 5.75 Å². The lowest BCUT2D eigenvalue weighted by atomic mass is 9.97. The Balaban J connectivity index is 2.42. The van der Waals surface area contributed by atoms with E-state index in [1.54, 1.807) is 18.9 Å². The fourth-order valence-electron chi connectivity index (χ4n) is 3.51. The molecule has 14 heteroatoms. The molecule has 0 aliphatic carbocycles. The van der Waals surface area contributed by atoms with Crippen molar-refractivity contribution in [2.45, 2.75) is 51.3 Å². The first-order chi connectivity index (χ1) is 17.0. The average Bonchev–Trinajstić information content (AvgIpc) is 2.78. The zero-order chi connectivity index (χ0) is 28.2. The van der Waals surface area contributed by atoms with Crippen LogP contribution in [0.3, 0.4) is 0 Å². The molecule has 0 aliphatic rings. The van der Waals surface area contributed by atoms with Gasteiger partial charge in [0.15, 0.2) is 0 Å². The maximum absolute atomic E-state index is 13.3. The second-order valence-corrected chi connectivity index (χ2v) is 8.01. The Morgan fingerprint density at radius 3 is 1.97 bits per heavy atom. The van der Waals surface area contributed by atoms with E-state index in [-0.39, 0.29) is 24.6 Å². The molecule has 0 radical (unpaired) electrons. The van der Waals surface area contributed by atoms with Gasteiger partial charge in [-0.25, -0.2) is 0 Å². The van der Waals surface area contributed by atoms with E-state index in [0.29, 0.717) is 24.4 Å². The van der Waals surface area contributed by atoms with Gasteiger partial charge in [0.25, 0.3) is 6.47 Å². The van der Waals surface area contributed by atoms with Crippen molar-refractivity contribution >= 4 is 12.2 Å². The molecular formula is C23H23F9N2O3. The molecule has 5 nitrogen and oxygen atoms in total. The third kappa shape index (κ3) is 8.44. The number of anilines is 1. The van der Waals surface area contributed by atoms with Crippen molar-refractivity contribution in [2.75, 3.05) is 18.5 Å². The van der Waals surface area contributed by atoms with Gasteiger partial charge in [-0.05, 0) is 61.4 Å². The molecule has 2 unspecified atom stereocenters. The van der Waals surface area contributed by atoms with Crippen molar-refractivity contribution in [3.05, 3.63) is 58.7 Å². The van der Waals surface area contributed by atoms with Crippen LogP contribution in [0, 0.1) is 0 Å². The standard InChI is InChI=1S/C23H23F9N2O3/c1-4-34(3)19-6-5-18(37-23(30,31)32)9-15(19)11-33-13(2)20(36-12-35)14-7-16(21(24,25)26)10-17(8-14)22(27,28)29/h5-10,12-13,20,33H,4,11H2,1-3H3. The Labute approximate surface area is 206 Å². The van der Waals surface area contributed by atoms with Crippen LogP contribution in [-0.2, 0) is 28.4 Å². The highest BCUT2D eigenvalue weighted by molar-refractivity contribution is 5.56. The largest absolute Gasteiger partial charge is 0.573 e. The van der Waals surface area contributed by atoms with Crippen molar-refractivity contribution in [3.8, 4) is 5.75 Å². The monoisotopic (exact) mass is 546 g/mol. The highest BCUT2D eigenvalue weighted by Gasteiger charge is 2.38. The summed E-state index contributed by atoms with van der Waals surface area (Å²) in [6.45, 7) is 3.26. The maximum Gasteiger partial charge on any atom is 0.573 e. The van der Waals surface area contributed by atoms with Crippen LogP contribution in [0.25, 0.3) is 0 Å². The highest BCUT2D eigenvalue weighted by Crippen LogP contribution is 2.38. The Kier molecular flexibility index (Phi) is 9.33. The van der Waals surface area contributed by atoms with E-state index < -0.39 is 53.3 Å². The van der Waals surface area contributed by atoms with Gasteiger partial charge in [0.1, 0.15) is 11.9 Å². The normalized spacial score (nSPS) is 14.2. The third-order valence-corrected chi connectivity index (χ3v) is 5.38. The number of hydrogen-bond acceptors (Lipinski definition) is 5. The summed E-state index contributed by atoms with van der Waals surface area (Å²) in [7, 11) is 1.66. The summed E-state index contributed by atoms with van der Waals surface area (Å²) in [6.07, 6.45) is -16.8. The van der Waals surface area contributed by atoms with Gasteiger partial charge in [-0.1, -0.05) is 0 Å².